The SMILES string of the molecule is CN[C@@H](C)C(=O)C[C@H](CC(=O)NC[C@H](O)[C@@H](O)[C@H](O)[C@H](O)CO)C(=O)N[C@@H](CSC)C(=O)O. The molecule has 0 aliphatic rings. The smallest absolute Gasteiger partial charge is 0.327 e. The highest BCUT2D eigenvalue weighted by Crippen LogP contribution is 2.13. The highest BCUT2D eigenvalue weighted by molar-refractivity contribution is 7.98. The molecule has 0 aliphatic carbocycles. The maximum absolute atomic E-state index is 12.6. The zero-order valence-corrected chi connectivity index (χ0v) is 19.6. The summed E-state index contributed by atoms with van der Waals surface area (Å²) in [6.07, 6.45) is -6.37. The van der Waals surface area contributed by atoms with Gasteiger partial charge >= 0.3 is 5.97 Å². The standard InChI is InChI=1S/C19H35N3O10S/c1-9(20-2)12(24)4-10(18(30)22-11(8-33-3)19(31)32)5-15(27)21-6-13(25)16(28)17(29)14(26)7-23/h9-11,13-14,16-17,20,23,25-26,28-29H,4-8H2,1-3H3,(H,21,27)(H,22,30)(H,31,32)/t9-,10+,11-,13-,14+,16+,17+/m0/s1. The summed E-state index contributed by atoms with van der Waals surface area (Å²) >= 11 is 1.19. The van der Waals surface area contributed by atoms with Crippen molar-refractivity contribution in [1.29, 1.82) is 0 Å². The van der Waals surface area contributed by atoms with Crippen LogP contribution in [0.1, 0.15) is 19.8 Å². The van der Waals surface area contributed by atoms with Crippen LogP contribution in [0.25, 0.3) is 0 Å². The first kappa shape index (κ1) is 31.2. The molecule has 2 amide bonds. The number of ketones is 1. The van der Waals surface area contributed by atoms with E-state index in [1.54, 1.807) is 13.2 Å². The molecule has 9 N–H and O–H groups in total. The first-order valence-corrected chi connectivity index (χ1v) is 11.6. The van der Waals surface area contributed by atoms with E-state index in [1.807, 2.05) is 0 Å². The minimum atomic E-state index is -1.88. The van der Waals surface area contributed by atoms with E-state index < -0.39 is 79.8 Å². The van der Waals surface area contributed by atoms with E-state index in [4.69, 9.17) is 5.11 Å². The molecule has 0 saturated carbocycles. The van der Waals surface area contributed by atoms with Crippen LogP contribution in [-0.4, -0.2) is 123 Å². The predicted molar refractivity (Wildman–Crippen MR) is 118 cm³/mol. The van der Waals surface area contributed by atoms with Crippen LogP contribution in [0.4, 0.5) is 0 Å². The summed E-state index contributed by atoms with van der Waals surface area (Å²) in [5.74, 6) is -4.34. The number of aliphatic hydroxyl groups excluding tert-OH is 5. The molecule has 0 fully saturated rings. The number of nitrogens with one attached hydrogen (secondary N) is 3. The van der Waals surface area contributed by atoms with Crippen molar-refractivity contribution >= 4 is 35.3 Å². The third-order valence-corrected chi connectivity index (χ3v) is 5.61. The van der Waals surface area contributed by atoms with Gasteiger partial charge in [-0.05, 0) is 20.2 Å². The summed E-state index contributed by atoms with van der Waals surface area (Å²) in [5.41, 5.74) is 0. The lowest BCUT2D eigenvalue weighted by molar-refractivity contribution is -0.142. The van der Waals surface area contributed by atoms with Gasteiger partial charge in [0.15, 0.2) is 0 Å². The molecule has 0 spiro atoms. The normalized spacial score (nSPS) is 17.7. The van der Waals surface area contributed by atoms with Gasteiger partial charge in [-0.15, -0.1) is 0 Å². The Hall–Kier alpha value is -1.81. The van der Waals surface area contributed by atoms with Crippen molar-refractivity contribution in [3.8, 4) is 0 Å². The van der Waals surface area contributed by atoms with Gasteiger partial charge in [-0.25, -0.2) is 4.79 Å². The lowest BCUT2D eigenvalue weighted by atomic mass is 9.94. The molecule has 0 aromatic carbocycles. The molecule has 0 aliphatic heterocycles. The van der Waals surface area contributed by atoms with E-state index in [-0.39, 0.29) is 18.0 Å². The van der Waals surface area contributed by atoms with E-state index in [0.29, 0.717) is 0 Å². The van der Waals surface area contributed by atoms with Crippen molar-refractivity contribution in [1.82, 2.24) is 16.0 Å². The second-order valence-electron chi connectivity index (χ2n) is 7.54. The molecule has 14 heteroatoms. The highest BCUT2D eigenvalue weighted by Gasteiger charge is 2.32. The van der Waals surface area contributed by atoms with Gasteiger partial charge in [0.1, 0.15) is 30.1 Å². The van der Waals surface area contributed by atoms with Gasteiger partial charge < -0.3 is 46.6 Å². The molecule has 0 saturated heterocycles. The monoisotopic (exact) mass is 497 g/mol. The van der Waals surface area contributed by atoms with Crippen LogP contribution in [0.15, 0.2) is 0 Å². The number of thioether (sulfide) groups is 1. The molecule has 0 radical (unpaired) electrons. The van der Waals surface area contributed by atoms with Gasteiger partial charge in [-0.3, -0.25) is 14.4 Å². The molecule has 7 atom stereocenters. The van der Waals surface area contributed by atoms with Crippen LogP contribution >= 0.6 is 11.8 Å². The van der Waals surface area contributed by atoms with Crippen molar-refractivity contribution < 1.29 is 49.8 Å². The molecule has 192 valence electrons. The quantitative estimate of drug-likeness (QED) is 0.0938. The maximum Gasteiger partial charge on any atom is 0.327 e. The first-order chi connectivity index (χ1) is 15.4. The Morgan fingerprint density at radius 1 is 0.970 bits per heavy atom. The second-order valence-corrected chi connectivity index (χ2v) is 8.45. The number of carbonyl (C=O) groups is 4. The van der Waals surface area contributed by atoms with Crippen molar-refractivity contribution in [3.63, 3.8) is 0 Å². The van der Waals surface area contributed by atoms with E-state index in [2.05, 4.69) is 16.0 Å². The summed E-state index contributed by atoms with van der Waals surface area (Å²) in [7, 11) is 1.54. The topological polar surface area (TPSA) is 226 Å². The average molecular weight is 498 g/mol. The minimum Gasteiger partial charge on any atom is -0.480 e. The Balaban J connectivity index is 5.19. The maximum atomic E-state index is 12.6. The summed E-state index contributed by atoms with van der Waals surface area (Å²) in [5, 5.41) is 63.9. The highest BCUT2D eigenvalue weighted by atomic mass is 32.2. The second kappa shape index (κ2) is 15.9. The van der Waals surface area contributed by atoms with Crippen LogP contribution in [0.2, 0.25) is 0 Å². The van der Waals surface area contributed by atoms with E-state index in [1.165, 1.54) is 18.8 Å². The third-order valence-electron chi connectivity index (χ3n) is 4.95. The van der Waals surface area contributed by atoms with Crippen molar-refractivity contribution in [3.05, 3.63) is 0 Å². The summed E-state index contributed by atoms with van der Waals surface area (Å²) < 4.78 is 0. The zero-order valence-electron chi connectivity index (χ0n) is 18.8. The Kier molecular flexibility index (Phi) is 15.1. The van der Waals surface area contributed by atoms with Crippen LogP contribution < -0.4 is 16.0 Å². The fourth-order valence-corrected chi connectivity index (χ4v) is 3.23. The number of aliphatic carboxylic acids is 1. The number of hydrogen-bond donors (Lipinski definition) is 9. The minimum absolute atomic E-state index is 0.0763. The number of carboxylic acids is 1. The fraction of sp³-hybridized carbons (Fsp3) is 0.789. The Labute approximate surface area is 195 Å². The van der Waals surface area contributed by atoms with Crippen LogP contribution in [0, 0.1) is 5.92 Å². The van der Waals surface area contributed by atoms with Gasteiger partial charge in [0, 0.05) is 25.1 Å². The van der Waals surface area contributed by atoms with Crippen LogP contribution in [-0.2, 0) is 19.2 Å². The predicted octanol–water partition coefficient (Wildman–Crippen LogP) is -3.96. The van der Waals surface area contributed by atoms with E-state index in [9.17, 15) is 44.7 Å². The van der Waals surface area contributed by atoms with E-state index in [0.717, 1.165) is 0 Å². The van der Waals surface area contributed by atoms with Crippen molar-refractivity contribution in [2.24, 2.45) is 5.92 Å². The number of amides is 2. The molecule has 0 unspecified atom stereocenters. The Bertz CT molecular complexity index is 653. The summed E-state index contributed by atoms with van der Waals surface area (Å²) in [6, 6.07) is -1.83. The molecule has 0 bridgehead atoms. The molecular formula is C19H35N3O10S. The molecule has 0 aromatic heterocycles. The molecule has 0 aromatic rings. The molecule has 13 nitrogen and oxygen atoms in total. The number of hydrogen-bond acceptors (Lipinski definition) is 11. The fourth-order valence-electron chi connectivity index (χ4n) is 2.67. The molecule has 0 heterocycles. The third kappa shape index (κ3) is 11.2. The van der Waals surface area contributed by atoms with Gasteiger partial charge in [0.2, 0.25) is 11.8 Å². The number of carboxylic acid groups (broad SMARTS) is 1. The number of carbonyl (C=O) groups excluding carboxylic acids is 3. The summed E-state index contributed by atoms with van der Waals surface area (Å²) in [6.45, 7) is 0.144. The number of likely N-dealkylation sites (N-methyl/N-ethyl adjacent to an activating group) is 1. The summed E-state index contributed by atoms with van der Waals surface area (Å²) in [4.78, 5) is 48.6. The molecular weight excluding hydrogens is 462 g/mol. The number of aliphatic hydroxyl groups is 5. The largest absolute Gasteiger partial charge is 0.480 e. The zero-order chi connectivity index (χ0) is 25.7. The number of Topliss-reactive ketones (excluding diaryl/α,β-unsaturated/α-hetero) is 1. The lowest BCUT2D eigenvalue weighted by Gasteiger charge is -2.26. The number of rotatable bonds is 17. The molecule has 33 heavy (non-hydrogen) atoms. The molecule has 0 rings (SSSR count). The van der Waals surface area contributed by atoms with Gasteiger partial charge in [0.25, 0.3) is 0 Å². The van der Waals surface area contributed by atoms with Crippen molar-refractivity contribution in [2.45, 2.75) is 56.3 Å². The van der Waals surface area contributed by atoms with Crippen LogP contribution in [0.3, 0.4) is 0 Å². The Morgan fingerprint density at radius 3 is 2.03 bits per heavy atom. The van der Waals surface area contributed by atoms with Crippen LogP contribution in [0.5, 0.6) is 0 Å². The average Bonchev–Trinajstić information content (AvgIpc) is 2.79. The van der Waals surface area contributed by atoms with Gasteiger partial charge in [-0.1, -0.05) is 0 Å². The first-order valence-electron chi connectivity index (χ1n) is 10.2. The van der Waals surface area contributed by atoms with E-state index >= 15 is 0 Å². The Morgan fingerprint density at radius 2 is 1.55 bits per heavy atom. The lowest BCUT2D eigenvalue weighted by Crippen LogP contribution is -2.50. The van der Waals surface area contributed by atoms with Gasteiger partial charge in [0.05, 0.1) is 24.7 Å². The van der Waals surface area contributed by atoms with Gasteiger partial charge in [-0.2, -0.15) is 11.8 Å². The van der Waals surface area contributed by atoms with Crippen molar-refractivity contribution in [2.75, 3.05) is 32.2 Å².